The second kappa shape index (κ2) is 7.02. The zero-order chi connectivity index (χ0) is 13.7. The molecule has 0 heterocycles. The maximum absolute atomic E-state index is 5.93. The summed E-state index contributed by atoms with van der Waals surface area (Å²) in [6.45, 7) is 8.13. The Kier molecular flexibility index (Phi) is 5.63. The van der Waals surface area contributed by atoms with E-state index in [1.54, 1.807) is 0 Å². The van der Waals surface area contributed by atoms with Crippen molar-refractivity contribution in [3.63, 3.8) is 0 Å². The first-order valence-corrected chi connectivity index (χ1v) is 9.76. The first-order valence-electron chi connectivity index (χ1n) is 7.83. The lowest BCUT2D eigenvalue weighted by Crippen LogP contribution is -2.46. The first-order chi connectivity index (χ1) is 9.23. The van der Waals surface area contributed by atoms with Crippen molar-refractivity contribution in [2.75, 3.05) is 19.8 Å². The van der Waals surface area contributed by atoms with E-state index in [0.29, 0.717) is 19.8 Å². The summed E-state index contributed by atoms with van der Waals surface area (Å²) >= 11 is 0. The summed E-state index contributed by atoms with van der Waals surface area (Å²) in [5.74, 6) is 2.47. The number of hydrogen-bond donors (Lipinski definition) is 0. The Morgan fingerprint density at radius 3 is 2.00 bits per heavy atom. The molecule has 0 amide bonds. The summed E-state index contributed by atoms with van der Waals surface area (Å²) < 4.78 is 17.8. The van der Waals surface area contributed by atoms with Crippen LogP contribution in [0.3, 0.4) is 0 Å². The van der Waals surface area contributed by atoms with Gasteiger partial charge in [0.1, 0.15) is 0 Å². The molecule has 0 unspecified atom stereocenters. The maximum atomic E-state index is 5.93. The van der Waals surface area contributed by atoms with Gasteiger partial charge in [-0.3, -0.25) is 0 Å². The second-order valence-electron chi connectivity index (χ2n) is 5.56. The van der Waals surface area contributed by atoms with E-state index in [0.717, 1.165) is 23.8 Å². The third kappa shape index (κ3) is 3.69. The highest BCUT2D eigenvalue weighted by atomic mass is 28.4. The van der Waals surface area contributed by atoms with E-state index in [-0.39, 0.29) is 0 Å². The normalized spacial score (nSPS) is 29.3. The first kappa shape index (κ1) is 15.2. The standard InChI is InChI=1S/C15H28O3Si/c1-4-16-19(17-5-2,18-6-3)10-9-15-12-13-7-8-14(15)11-13/h7-8,13-15H,4-6,9-12H2,1-3H3/t13-,14+,15-/m0/s1. The molecule has 0 spiro atoms. The fourth-order valence-corrected chi connectivity index (χ4v) is 6.32. The van der Waals surface area contributed by atoms with Gasteiger partial charge in [0.05, 0.1) is 0 Å². The fourth-order valence-electron chi connectivity index (χ4n) is 3.59. The van der Waals surface area contributed by atoms with Gasteiger partial charge in [0.2, 0.25) is 0 Å². The molecule has 0 aromatic rings. The maximum Gasteiger partial charge on any atom is 0.500 e. The molecular formula is C15H28O3Si. The topological polar surface area (TPSA) is 27.7 Å². The average molecular weight is 284 g/mol. The molecule has 2 aliphatic rings. The van der Waals surface area contributed by atoms with E-state index in [1.807, 2.05) is 20.8 Å². The Morgan fingerprint density at radius 2 is 1.58 bits per heavy atom. The molecule has 0 saturated heterocycles. The molecule has 2 bridgehead atoms. The fraction of sp³-hybridized carbons (Fsp3) is 0.867. The summed E-state index contributed by atoms with van der Waals surface area (Å²) in [6, 6.07) is 0.976. The smallest absolute Gasteiger partial charge is 0.374 e. The predicted molar refractivity (Wildman–Crippen MR) is 78.9 cm³/mol. The van der Waals surface area contributed by atoms with E-state index < -0.39 is 8.80 Å². The zero-order valence-corrected chi connectivity index (χ0v) is 13.6. The molecule has 110 valence electrons. The molecule has 0 aromatic heterocycles. The monoisotopic (exact) mass is 284 g/mol. The molecule has 0 radical (unpaired) electrons. The van der Waals surface area contributed by atoms with E-state index in [9.17, 15) is 0 Å². The number of rotatable bonds is 9. The van der Waals surface area contributed by atoms with Crippen LogP contribution in [-0.4, -0.2) is 28.6 Å². The Bertz CT molecular complexity index is 289. The molecule has 2 rings (SSSR count). The van der Waals surface area contributed by atoms with Crippen molar-refractivity contribution < 1.29 is 13.3 Å². The van der Waals surface area contributed by atoms with Gasteiger partial charge in [-0.15, -0.1) is 0 Å². The highest BCUT2D eigenvalue weighted by molar-refractivity contribution is 6.60. The number of hydrogen-bond acceptors (Lipinski definition) is 3. The summed E-state index contributed by atoms with van der Waals surface area (Å²) in [5, 5.41) is 0. The van der Waals surface area contributed by atoms with Crippen molar-refractivity contribution in [2.45, 2.75) is 46.1 Å². The van der Waals surface area contributed by atoms with Crippen LogP contribution in [0, 0.1) is 17.8 Å². The van der Waals surface area contributed by atoms with Crippen molar-refractivity contribution in [1.29, 1.82) is 0 Å². The summed E-state index contributed by atoms with van der Waals surface area (Å²) in [4.78, 5) is 0. The molecule has 0 aromatic carbocycles. The van der Waals surface area contributed by atoms with Crippen LogP contribution in [0.5, 0.6) is 0 Å². The van der Waals surface area contributed by atoms with Crippen molar-refractivity contribution >= 4 is 8.80 Å². The van der Waals surface area contributed by atoms with E-state index in [1.165, 1.54) is 19.3 Å². The lowest BCUT2D eigenvalue weighted by Gasteiger charge is -2.30. The van der Waals surface area contributed by atoms with Crippen LogP contribution >= 0.6 is 0 Å². The Morgan fingerprint density at radius 1 is 0.947 bits per heavy atom. The van der Waals surface area contributed by atoms with E-state index in [2.05, 4.69) is 12.2 Å². The SMILES string of the molecule is CCO[Si](CC[C@H]1C[C@H]2C=C[C@@H]1C2)(OCC)OCC. The molecule has 2 aliphatic carbocycles. The second-order valence-corrected chi connectivity index (χ2v) is 8.29. The van der Waals surface area contributed by atoms with Crippen LogP contribution in [0.25, 0.3) is 0 Å². The van der Waals surface area contributed by atoms with Crippen molar-refractivity contribution in [3.05, 3.63) is 12.2 Å². The minimum atomic E-state index is -2.41. The van der Waals surface area contributed by atoms with Crippen LogP contribution in [-0.2, 0) is 13.3 Å². The lowest BCUT2D eigenvalue weighted by atomic mass is 9.91. The van der Waals surface area contributed by atoms with Gasteiger partial charge >= 0.3 is 8.80 Å². The van der Waals surface area contributed by atoms with Crippen LogP contribution in [0.1, 0.15) is 40.0 Å². The largest absolute Gasteiger partial charge is 0.500 e. The molecule has 3 nitrogen and oxygen atoms in total. The lowest BCUT2D eigenvalue weighted by molar-refractivity contribution is 0.0692. The molecule has 1 fully saturated rings. The Hall–Kier alpha value is -0.163. The summed E-state index contributed by atoms with van der Waals surface area (Å²) in [5.41, 5.74) is 0. The third-order valence-corrected chi connectivity index (χ3v) is 7.42. The van der Waals surface area contributed by atoms with E-state index in [4.69, 9.17) is 13.3 Å². The highest BCUT2D eigenvalue weighted by Crippen LogP contribution is 2.46. The minimum absolute atomic E-state index is 0.683. The highest BCUT2D eigenvalue weighted by Gasteiger charge is 2.43. The predicted octanol–water partition coefficient (Wildman–Crippen LogP) is 3.64. The van der Waals surface area contributed by atoms with Crippen molar-refractivity contribution in [1.82, 2.24) is 0 Å². The van der Waals surface area contributed by atoms with Crippen LogP contribution < -0.4 is 0 Å². The van der Waals surface area contributed by atoms with Gasteiger partial charge in [-0.1, -0.05) is 12.2 Å². The number of allylic oxidation sites excluding steroid dienone is 2. The van der Waals surface area contributed by atoms with Gasteiger partial charge in [0.25, 0.3) is 0 Å². The van der Waals surface area contributed by atoms with Gasteiger partial charge < -0.3 is 13.3 Å². The average Bonchev–Trinajstić information content (AvgIpc) is 2.99. The van der Waals surface area contributed by atoms with Crippen LogP contribution in [0.15, 0.2) is 12.2 Å². The molecule has 1 saturated carbocycles. The Labute approximate surface area is 118 Å². The quantitative estimate of drug-likeness (QED) is 0.478. The Balaban J connectivity index is 1.89. The van der Waals surface area contributed by atoms with Crippen LogP contribution in [0.4, 0.5) is 0 Å². The molecule has 4 heteroatoms. The third-order valence-electron chi connectivity index (χ3n) is 4.33. The van der Waals surface area contributed by atoms with Gasteiger partial charge in [-0.25, -0.2) is 0 Å². The summed E-state index contributed by atoms with van der Waals surface area (Å²) in [6.07, 6.45) is 8.74. The zero-order valence-electron chi connectivity index (χ0n) is 12.6. The molecule has 3 atom stereocenters. The summed E-state index contributed by atoms with van der Waals surface area (Å²) in [7, 11) is -2.41. The van der Waals surface area contributed by atoms with Gasteiger partial charge in [-0.05, 0) is 57.8 Å². The van der Waals surface area contributed by atoms with Gasteiger partial charge in [0, 0.05) is 25.9 Å². The molecule has 0 aliphatic heterocycles. The minimum Gasteiger partial charge on any atom is -0.374 e. The van der Waals surface area contributed by atoms with Crippen LogP contribution in [0.2, 0.25) is 6.04 Å². The molecule has 0 N–H and O–H groups in total. The molecule has 19 heavy (non-hydrogen) atoms. The number of fused-ring (bicyclic) bond motifs is 2. The van der Waals surface area contributed by atoms with Gasteiger partial charge in [-0.2, -0.15) is 0 Å². The molecular weight excluding hydrogens is 256 g/mol. The van der Waals surface area contributed by atoms with E-state index >= 15 is 0 Å². The van der Waals surface area contributed by atoms with Crippen molar-refractivity contribution in [2.24, 2.45) is 17.8 Å². The van der Waals surface area contributed by atoms with Crippen molar-refractivity contribution in [3.8, 4) is 0 Å². The van der Waals surface area contributed by atoms with Gasteiger partial charge in [0.15, 0.2) is 0 Å².